The molecule has 0 spiro atoms. The Morgan fingerprint density at radius 1 is 0.727 bits per heavy atom. The van der Waals surface area contributed by atoms with E-state index < -0.39 is 0 Å². The second-order valence-electron chi connectivity index (χ2n) is 18.8. The summed E-state index contributed by atoms with van der Waals surface area (Å²) in [7, 11) is 4.89. The number of carbonyl (C=O) groups is 3. The Labute approximate surface area is 401 Å². The molecule has 1 aromatic carbocycles. The minimum absolute atomic E-state index is 0. The first-order chi connectivity index (χ1) is 31.4. The number of nitrogens with zero attached hydrogens (tertiary/aromatic N) is 4. The summed E-state index contributed by atoms with van der Waals surface area (Å²) < 4.78 is 27.1. The molecule has 8 heterocycles. The molecule has 8 fully saturated rings. The molecule has 378 valence electrons. The summed E-state index contributed by atoms with van der Waals surface area (Å²) in [6.45, 7) is 14.5. The van der Waals surface area contributed by atoms with Crippen LogP contribution in [0.2, 0.25) is 5.02 Å². The quantitative estimate of drug-likeness (QED) is 0.0838. The molecule has 0 radical (unpaired) electrons. The van der Waals surface area contributed by atoms with Gasteiger partial charge in [-0.3, -0.25) is 19.3 Å². The van der Waals surface area contributed by atoms with Crippen molar-refractivity contribution in [3.8, 4) is 5.75 Å². The number of rotatable bonds is 19. The number of nitrogen functional groups attached to an aromatic ring is 1. The molecule has 17 heteroatoms. The molecule has 0 saturated carbocycles. The van der Waals surface area contributed by atoms with Gasteiger partial charge in [0.05, 0.1) is 43.1 Å². The SMILES string of the molecule is C.CCOC(=O)CCCCCN1CC[C@@H](N)[C@@H](OC)C1.COc1cc(N)cc(Cl)c1C(=O)NC1CCN(CCCCCC(=O)OC2CN3CCC2CC3)C[C@@H]1OC.O[C@H]1CN2CCC1CC2. The van der Waals surface area contributed by atoms with Crippen LogP contribution < -0.4 is 21.5 Å². The predicted molar refractivity (Wildman–Crippen MR) is 260 cm³/mol. The maximum Gasteiger partial charge on any atom is 0.306 e. The van der Waals surface area contributed by atoms with Crippen molar-refractivity contribution in [2.75, 3.05) is 112 Å². The first kappa shape index (κ1) is 55.8. The number of nitrogens with two attached hydrogens (primary N) is 2. The highest BCUT2D eigenvalue weighted by molar-refractivity contribution is 6.34. The number of ether oxygens (including phenoxy) is 5. The third-order valence-electron chi connectivity index (χ3n) is 14.3. The highest BCUT2D eigenvalue weighted by Gasteiger charge is 2.37. The highest BCUT2D eigenvalue weighted by Crippen LogP contribution is 2.32. The average molecular weight is 953 g/mol. The number of methoxy groups -OCH3 is 3. The third-order valence-corrected chi connectivity index (χ3v) is 14.6. The van der Waals surface area contributed by atoms with Crippen molar-refractivity contribution < 1.29 is 43.2 Å². The van der Waals surface area contributed by atoms with Crippen LogP contribution in [0.25, 0.3) is 0 Å². The van der Waals surface area contributed by atoms with Gasteiger partial charge < -0.3 is 60.3 Å². The number of esters is 2. The number of hydrogen-bond acceptors (Lipinski definition) is 15. The van der Waals surface area contributed by atoms with Crippen LogP contribution in [0.4, 0.5) is 5.69 Å². The lowest BCUT2D eigenvalue weighted by Crippen LogP contribution is -2.55. The van der Waals surface area contributed by atoms with Gasteiger partial charge in [0.2, 0.25) is 0 Å². The Bertz CT molecular complexity index is 1600. The summed E-state index contributed by atoms with van der Waals surface area (Å²) in [6, 6.07) is 3.18. The van der Waals surface area contributed by atoms with Crippen LogP contribution >= 0.6 is 11.6 Å². The number of amides is 1. The zero-order chi connectivity index (χ0) is 46.7. The molecule has 6 N–H and O–H groups in total. The van der Waals surface area contributed by atoms with Crippen molar-refractivity contribution >= 4 is 35.1 Å². The number of anilines is 1. The summed E-state index contributed by atoms with van der Waals surface area (Å²) in [5.41, 5.74) is 12.5. The number of aliphatic hydroxyl groups excluding tert-OH is 1. The summed E-state index contributed by atoms with van der Waals surface area (Å²) in [5.74, 6) is 1.11. The van der Waals surface area contributed by atoms with E-state index in [1.54, 1.807) is 26.4 Å². The van der Waals surface area contributed by atoms with Crippen molar-refractivity contribution in [1.29, 1.82) is 0 Å². The fraction of sp³-hybridized carbons (Fsp3) is 0.816. The van der Waals surface area contributed by atoms with Crippen molar-refractivity contribution in [3.63, 3.8) is 0 Å². The lowest BCUT2D eigenvalue weighted by atomic mass is 9.86. The maximum absolute atomic E-state index is 13.0. The topological polar surface area (TPSA) is 195 Å². The van der Waals surface area contributed by atoms with E-state index in [-0.39, 0.29) is 72.4 Å². The van der Waals surface area contributed by atoms with Crippen LogP contribution in [0.1, 0.15) is 115 Å². The van der Waals surface area contributed by atoms with Gasteiger partial charge in [-0.15, -0.1) is 0 Å². The van der Waals surface area contributed by atoms with Gasteiger partial charge in [0.25, 0.3) is 5.91 Å². The number of hydrogen-bond donors (Lipinski definition) is 4. The number of aliphatic hydroxyl groups is 1. The van der Waals surface area contributed by atoms with Crippen molar-refractivity contribution in [2.45, 2.75) is 141 Å². The Morgan fingerprint density at radius 3 is 1.82 bits per heavy atom. The number of fused-ring (bicyclic) bond motifs is 6. The number of piperidine rings is 8. The van der Waals surface area contributed by atoms with Gasteiger partial charge in [0.1, 0.15) is 17.4 Å². The van der Waals surface area contributed by atoms with Gasteiger partial charge in [-0.2, -0.15) is 0 Å². The standard InChI is InChI=1S/C27H41ClN4O5.C14H28N2O3.C7H13NO.CH4/c1-35-22-15-19(29)14-20(28)26(22)27(34)30-21-9-13-31(17-24(21)36-2)10-5-3-4-6-25(33)37-23-16-32-11-7-18(23)8-12-32;1-3-19-14(17)7-5-4-6-9-16-10-8-12(15)13(11-16)18-2;9-7-5-8-3-1-6(7)2-4-8;/h14-15,18,21,23-24H,3-13,16-17,29H2,1-2H3,(H,30,34);12-13H,3-11,15H2,1-2H3;6-7,9H,1-5H2;1H4/t21?,23?,24-;12-,13+;7-;/m010./s1. The van der Waals surface area contributed by atoms with E-state index in [1.807, 2.05) is 6.92 Å². The number of nitrogens with one attached hydrogen (secondary N) is 1. The monoisotopic (exact) mass is 952 g/mol. The molecule has 8 aliphatic rings. The summed E-state index contributed by atoms with van der Waals surface area (Å²) in [5, 5.41) is 12.7. The zero-order valence-electron chi connectivity index (χ0n) is 39.9. The van der Waals surface area contributed by atoms with Gasteiger partial charge in [0.15, 0.2) is 0 Å². The Hall–Kier alpha value is -2.80. The van der Waals surface area contributed by atoms with E-state index >= 15 is 0 Å². The molecule has 0 aliphatic carbocycles. The summed E-state index contributed by atoms with van der Waals surface area (Å²) in [4.78, 5) is 46.0. The summed E-state index contributed by atoms with van der Waals surface area (Å²) >= 11 is 6.29. The molecule has 1 amide bonds. The van der Waals surface area contributed by atoms with Crippen molar-refractivity contribution in [2.24, 2.45) is 17.6 Å². The average Bonchev–Trinajstić information content (AvgIpc) is 3.30. The van der Waals surface area contributed by atoms with E-state index in [2.05, 4.69) is 24.9 Å². The lowest BCUT2D eigenvalue weighted by Gasteiger charge is -2.43. The number of halogens is 1. The molecule has 0 aromatic heterocycles. The van der Waals surface area contributed by atoms with Crippen LogP contribution in [0.5, 0.6) is 5.75 Å². The largest absolute Gasteiger partial charge is 0.496 e. The molecular formula is C49H86ClN7O9. The van der Waals surface area contributed by atoms with Gasteiger partial charge in [-0.25, -0.2) is 0 Å². The van der Waals surface area contributed by atoms with E-state index in [9.17, 15) is 19.5 Å². The molecule has 8 saturated heterocycles. The maximum atomic E-state index is 13.0. The molecule has 16 nitrogen and oxygen atoms in total. The molecule has 1 aromatic rings. The fourth-order valence-corrected chi connectivity index (χ4v) is 10.6. The van der Waals surface area contributed by atoms with Crippen LogP contribution in [-0.4, -0.2) is 186 Å². The van der Waals surface area contributed by atoms with Crippen LogP contribution in [0.3, 0.4) is 0 Å². The van der Waals surface area contributed by atoms with Crippen LogP contribution in [0.15, 0.2) is 12.1 Å². The zero-order valence-corrected chi connectivity index (χ0v) is 40.7. The molecule has 66 heavy (non-hydrogen) atoms. The minimum atomic E-state index is -0.299. The van der Waals surface area contributed by atoms with E-state index in [0.29, 0.717) is 42.7 Å². The second-order valence-corrected chi connectivity index (χ2v) is 19.3. The molecule has 4 bridgehead atoms. The van der Waals surface area contributed by atoms with E-state index in [4.69, 9.17) is 46.8 Å². The van der Waals surface area contributed by atoms with Crippen LogP contribution in [0, 0.1) is 11.8 Å². The van der Waals surface area contributed by atoms with E-state index in [1.165, 1.54) is 33.0 Å². The van der Waals surface area contributed by atoms with Crippen molar-refractivity contribution in [1.82, 2.24) is 24.9 Å². The normalized spacial score (nSPS) is 29.3. The Kier molecular flexibility index (Phi) is 24.8. The number of carbonyl (C=O) groups excluding carboxylic acids is 3. The minimum Gasteiger partial charge on any atom is -0.496 e. The third kappa shape index (κ3) is 17.6. The first-order valence-electron chi connectivity index (χ1n) is 24.6. The van der Waals surface area contributed by atoms with Crippen molar-refractivity contribution in [3.05, 3.63) is 22.7 Å². The lowest BCUT2D eigenvalue weighted by molar-refractivity contribution is -0.159. The Balaban J connectivity index is 0.000000270. The molecular weight excluding hydrogens is 866 g/mol. The number of benzene rings is 1. The second kappa shape index (κ2) is 29.3. The van der Waals surface area contributed by atoms with Crippen LogP contribution in [-0.2, 0) is 28.5 Å². The van der Waals surface area contributed by atoms with Gasteiger partial charge >= 0.3 is 11.9 Å². The first-order valence-corrected chi connectivity index (χ1v) is 25.0. The highest BCUT2D eigenvalue weighted by atomic mass is 35.5. The molecule has 2 unspecified atom stereocenters. The van der Waals surface area contributed by atoms with Gasteiger partial charge in [0, 0.05) is 77.6 Å². The molecule has 6 atom stereocenters. The number of likely N-dealkylation sites (tertiary alicyclic amines) is 2. The molecule has 9 rings (SSSR count). The predicted octanol–water partition coefficient (Wildman–Crippen LogP) is 4.81. The number of unbranched alkanes of at least 4 members (excludes halogenated alkanes) is 4. The van der Waals surface area contributed by atoms with E-state index in [0.717, 1.165) is 130 Å². The van der Waals surface area contributed by atoms with Gasteiger partial charge in [-0.1, -0.05) is 31.9 Å². The fourth-order valence-electron chi connectivity index (χ4n) is 10.3. The molecule has 8 aliphatic heterocycles. The Morgan fingerprint density at radius 2 is 1.30 bits per heavy atom. The smallest absolute Gasteiger partial charge is 0.306 e. The van der Waals surface area contributed by atoms with Gasteiger partial charge in [-0.05, 0) is 135 Å². The summed E-state index contributed by atoms with van der Waals surface area (Å²) in [6.07, 6.45) is 13.6.